The number of hydrogen-bond acceptors (Lipinski definition) is 2. The van der Waals surface area contributed by atoms with Gasteiger partial charge in [-0.2, -0.15) is 0 Å². The zero-order valence-corrected chi connectivity index (χ0v) is 12.9. The normalized spacial score (nSPS) is 15.0. The van der Waals surface area contributed by atoms with Crippen LogP contribution in [0.2, 0.25) is 0 Å². The first-order valence-electron chi connectivity index (χ1n) is 7.29. The summed E-state index contributed by atoms with van der Waals surface area (Å²) >= 11 is 6.62. The van der Waals surface area contributed by atoms with Crippen LogP contribution in [0, 0.1) is 0 Å². The molecule has 21 heavy (non-hydrogen) atoms. The van der Waals surface area contributed by atoms with Gasteiger partial charge < -0.3 is 9.47 Å². The molecule has 1 atom stereocenters. The number of para-hydroxylation sites is 1. The molecule has 0 amide bonds. The van der Waals surface area contributed by atoms with E-state index >= 15 is 0 Å². The van der Waals surface area contributed by atoms with Crippen LogP contribution < -0.4 is 9.47 Å². The summed E-state index contributed by atoms with van der Waals surface area (Å²) in [6.45, 7) is 0.817. The van der Waals surface area contributed by atoms with Crippen molar-refractivity contribution in [3.05, 3.63) is 59.2 Å². The predicted octanol–water partition coefficient (Wildman–Crippen LogP) is 4.54. The molecule has 2 aromatic rings. The summed E-state index contributed by atoms with van der Waals surface area (Å²) in [6.07, 6.45) is 2.91. The number of alkyl halides is 1. The molecular formula is C18H19ClO2. The summed E-state index contributed by atoms with van der Waals surface area (Å²) in [4.78, 5) is 0. The van der Waals surface area contributed by atoms with Crippen molar-refractivity contribution in [3.8, 4) is 11.5 Å². The molecule has 0 saturated carbocycles. The van der Waals surface area contributed by atoms with Crippen molar-refractivity contribution >= 4 is 11.6 Å². The molecule has 1 heterocycles. The minimum atomic E-state index is -0.0615. The molecule has 3 rings (SSSR count). The molecule has 1 unspecified atom stereocenters. The lowest BCUT2D eigenvalue weighted by Gasteiger charge is -2.19. The second kappa shape index (κ2) is 6.40. The smallest absolute Gasteiger partial charge is 0.122 e. The van der Waals surface area contributed by atoms with Crippen molar-refractivity contribution in [2.45, 2.75) is 24.6 Å². The molecule has 0 aromatic heterocycles. The fourth-order valence-corrected chi connectivity index (χ4v) is 3.06. The summed E-state index contributed by atoms with van der Waals surface area (Å²) in [5, 5.41) is -0.0615. The van der Waals surface area contributed by atoms with Crippen LogP contribution in [0.4, 0.5) is 0 Å². The van der Waals surface area contributed by atoms with Gasteiger partial charge in [0.05, 0.1) is 19.1 Å². The molecule has 0 radical (unpaired) electrons. The largest absolute Gasteiger partial charge is 0.496 e. The van der Waals surface area contributed by atoms with Crippen LogP contribution in [0.5, 0.6) is 11.5 Å². The molecule has 0 aliphatic carbocycles. The Bertz CT molecular complexity index is 624. The SMILES string of the molecule is COc1ccccc1CC(Cl)c1ccc2c(c1)CCCO2. The second-order valence-corrected chi connectivity index (χ2v) is 5.83. The molecule has 1 aliphatic heterocycles. The van der Waals surface area contributed by atoms with E-state index in [0.29, 0.717) is 0 Å². The van der Waals surface area contributed by atoms with Gasteiger partial charge in [-0.05, 0) is 48.1 Å². The van der Waals surface area contributed by atoms with Gasteiger partial charge in [-0.1, -0.05) is 30.3 Å². The van der Waals surface area contributed by atoms with E-state index in [1.54, 1.807) is 7.11 Å². The lowest BCUT2D eigenvalue weighted by atomic mass is 9.98. The van der Waals surface area contributed by atoms with Crippen molar-refractivity contribution in [2.75, 3.05) is 13.7 Å². The third kappa shape index (κ3) is 3.16. The molecule has 0 saturated heterocycles. The summed E-state index contributed by atoms with van der Waals surface area (Å²) in [7, 11) is 1.69. The summed E-state index contributed by atoms with van der Waals surface area (Å²) in [6, 6.07) is 14.3. The molecule has 110 valence electrons. The monoisotopic (exact) mass is 302 g/mol. The number of ether oxygens (including phenoxy) is 2. The molecule has 0 fully saturated rings. The Labute approximate surface area is 130 Å². The van der Waals surface area contributed by atoms with Gasteiger partial charge in [-0.15, -0.1) is 11.6 Å². The van der Waals surface area contributed by atoms with Crippen LogP contribution in [-0.2, 0) is 12.8 Å². The van der Waals surface area contributed by atoms with E-state index in [-0.39, 0.29) is 5.38 Å². The van der Waals surface area contributed by atoms with Gasteiger partial charge in [0.25, 0.3) is 0 Å². The minimum Gasteiger partial charge on any atom is -0.496 e. The third-order valence-corrected chi connectivity index (χ3v) is 4.29. The van der Waals surface area contributed by atoms with Crippen molar-refractivity contribution < 1.29 is 9.47 Å². The highest BCUT2D eigenvalue weighted by Gasteiger charge is 2.16. The van der Waals surface area contributed by atoms with E-state index in [9.17, 15) is 0 Å². The number of aryl methyl sites for hydroxylation is 1. The number of fused-ring (bicyclic) bond motifs is 1. The molecular weight excluding hydrogens is 284 g/mol. The third-order valence-electron chi connectivity index (χ3n) is 3.89. The van der Waals surface area contributed by atoms with Crippen molar-refractivity contribution in [1.82, 2.24) is 0 Å². The van der Waals surface area contributed by atoms with Crippen LogP contribution in [0.3, 0.4) is 0 Å². The summed E-state index contributed by atoms with van der Waals surface area (Å²) < 4.78 is 11.0. The topological polar surface area (TPSA) is 18.5 Å². The van der Waals surface area contributed by atoms with Crippen LogP contribution in [-0.4, -0.2) is 13.7 Å². The van der Waals surface area contributed by atoms with Gasteiger partial charge in [0.15, 0.2) is 0 Å². The molecule has 2 aromatic carbocycles. The van der Waals surface area contributed by atoms with E-state index < -0.39 is 0 Å². The second-order valence-electron chi connectivity index (χ2n) is 5.30. The van der Waals surface area contributed by atoms with Crippen LogP contribution in [0.15, 0.2) is 42.5 Å². The predicted molar refractivity (Wildman–Crippen MR) is 85.6 cm³/mol. The molecule has 0 bridgehead atoms. The van der Waals surface area contributed by atoms with Gasteiger partial charge in [0.2, 0.25) is 0 Å². The quantitative estimate of drug-likeness (QED) is 0.772. The number of rotatable bonds is 4. The number of hydrogen-bond donors (Lipinski definition) is 0. The van der Waals surface area contributed by atoms with E-state index in [1.165, 1.54) is 5.56 Å². The van der Waals surface area contributed by atoms with Gasteiger partial charge in [0, 0.05) is 0 Å². The van der Waals surface area contributed by atoms with E-state index in [0.717, 1.165) is 48.5 Å². The Morgan fingerprint density at radius 3 is 2.95 bits per heavy atom. The zero-order valence-electron chi connectivity index (χ0n) is 12.1. The minimum absolute atomic E-state index is 0.0615. The lowest BCUT2D eigenvalue weighted by molar-refractivity contribution is 0.288. The van der Waals surface area contributed by atoms with Crippen molar-refractivity contribution in [3.63, 3.8) is 0 Å². The zero-order chi connectivity index (χ0) is 14.7. The standard InChI is InChI=1S/C18H19ClO2/c1-20-17-7-3-2-5-15(17)12-16(19)13-8-9-18-14(11-13)6-4-10-21-18/h2-3,5,7-9,11,16H,4,6,10,12H2,1H3. The molecule has 3 heteroatoms. The Morgan fingerprint density at radius 1 is 1.24 bits per heavy atom. The summed E-state index contributed by atoms with van der Waals surface area (Å²) in [5.41, 5.74) is 3.55. The highest BCUT2D eigenvalue weighted by Crippen LogP contribution is 2.33. The molecule has 1 aliphatic rings. The van der Waals surface area contributed by atoms with E-state index in [2.05, 4.69) is 18.2 Å². The first-order chi connectivity index (χ1) is 10.3. The van der Waals surface area contributed by atoms with E-state index in [4.69, 9.17) is 21.1 Å². The van der Waals surface area contributed by atoms with Crippen LogP contribution >= 0.6 is 11.6 Å². The summed E-state index contributed by atoms with van der Waals surface area (Å²) in [5.74, 6) is 1.90. The fraction of sp³-hybridized carbons (Fsp3) is 0.333. The molecule has 0 N–H and O–H groups in total. The first kappa shape index (κ1) is 14.3. The number of benzene rings is 2. The Hall–Kier alpha value is -1.67. The van der Waals surface area contributed by atoms with Gasteiger partial charge >= 0.3 is 0 Å². The maximum atomic E-state index is 6.62. The average Bonchev–Trinajstić information content (AvgIpc) is 2.55. The van der Waals surface area contributed by atoms with Gasteiger partial charge in [-0.25, -0.2) is 0 Å². The van der Waals surface area contributed by atoms with Crippen LogP contribution in [0.1, 0.15) is 28.5 Å². The average molecular weight is 303 g/mol. The Kier molecular flexibility index (Phi) is 4.35. The van der Waals surface area contributed by atoms with Crippen LogP contribution in [0.25, 0.3) is 0 Å². The molecule has 2 nitrogen and oxygen atoms in total. The van der Waals surface area contributed by atoms with Crippen molar-refractivity contribution in [2.24, 2.45) is 0 Å². The first-order valence-corrected chi connectivity index (χ1v) is 7.73. The van der Waals surface area contributed by atoms with Gasteiger partial charge in [-0.3, -0.25) is 0 Å². The lowest BCUT2D eigenvalue weighted by Crippen LogP contribution is -2.09. The van der Waals surface area contributed by atoms with Crippen molar-refractivity contribution in [1.29, 1.82) is 0 Å². The maximum Gasteiger partial charge on any atom is 0.122 e. The highest BCUT2D eigenvalue weighted by atomic mass is 35.5. The molecule has 0 spiro atoms. The Balaban J connectivity index is 1.80. The van der Waals surface area contributed by atoms with Gasteiger partial charge in [0.1, 0.15) is 11.5 Å². The highest BCUT2D eigenvalue weighted by molar-refractivity contribution is 6.21. The fourth-order valence-electron chi connectivity index (χ4n) is 2.76. The Morgan fingerprint density at radius 2 is 2.10 bits per heavy atom. The maximum absolute atomic E-state index is 6.62. The van der Waals surface area contributed by atoms with E-state index in [1.807, 2.05) is 24.3 Å². The number of halogens is 1. The number of methoxy groups -OCH3 is 1.